The van der Waals surface area contributed by atoms with E-state index in [9.17, 15) is 0 Å². The Balaban J connectivity index is 0.00000178. The van der Waals surface area contributed by atoms with Gasteiger partial charge in [-0.05, 0) is 24.7 Å². The monoisotopic (exact) mass is 648 g/mol. The molecule has 0 bridgehead atoms. The molecule has 0 aliphatic rings. The fourth-order valence-corrected chi connectivity index (χ4v) is 11.6. The van der Waals surface area contributed by atoms with Crippen LogP contribution in [0.5, 0.6) is 0 Å². The zero-order valence-corrected chi connectivity index (χ0v) is 29.3. The first-order chi connectivity index (χ1) is 17.2. The van der Waals surface area contributed by atoms with Crippen molar-refractivity contribution in [2.75, 3.05) is 0 Å². The molecule has 0 aliphatic heterocycles. The van der Waals surface area contributed by atoms with Crippen molar-refractivity contribution in [2.45, 2.75) is 60.9 Å². The van der Waals surface area contributed by atoms with Crippen LogP contribution in [0.15, 0.2) is 78.9 Å². The molecule has 0 amide bonds. The van der Waals surface area contributed by atoms with Gasteiger partial charge in [0.15, 0.2) is 0 Å². The minimum absolute atomic E-state index is 0. The molecular weight excluding hydrogens is 611 g/mol. The number of hydrogen-bond donors (Lipinski definition) is 0. The quantitative estimate of drug-likeness (QED) is 0.185. The average molecular weight is 651 g/mol. The molecule has 0 heterocycles. The van der Waals surface area contributed by atoms with Crippen molar-refractivity contribution in [1.29, 1.82) is 0 Å². The van der Waals surface area contributed by atoms with E-state index < -0.39 is 8.07 Å². The van der Waals surface area contributed by atoms with Crippen molar-refractivity contribution < 1.29 is 51.0 Å². The SMILES string of the molecule is Cc1[cH-]c2ccc(CC(C)C)cc2c1[Si](C)(c1ccccc1)c1c(C)[cH-]c2ccc(CC(C)C)cc12.[Cl-].[Cl-].[Zr+4]. The molecule has 0 fully saturated rings. The Kier molecular flexibility index (Phi) is 11.7. The van der Waals surface area contributed by atoms with E-state index in [1.807, 2.05) is 0 Å². The van der Waals surface area contributed by atoms with Crippen molar-refractivity contribution in [2.24, 2.45) is 11.8 Å². The smallest absolute Gasteiger partial charge is 1.00 e. The van der Waals surface area contributed by atoms with Gasteiger partial charge in [0.1, 0.15) is 0 Å². The third-order valence-corrected chi connectivity index (χ3v) is 12.8. The molecule has 0 N–H and O–H groups in total. The van der Waals surface area contributed by atoms with Gasteiger partial charge >= 0.3 is 26.2 Å². The van der Waals surface area contributed by atoms with Crippen molar-refractivity contribution >= 4 is 45.2 Å². The number of benzene rings is 3. The van der Waals surface area contributed by atoms with Gasteiger partial charge in [-0.1, -0.05) is 94.7 Å². The Labute approximate surface area is 268 Å². The zero-order chi connectivity index (χ0) is 25.6. The van der Waals surface area contributed by atoms with Crippen LogP contribution in [-0.4, -0.2) is 8.07 Å². The van der Waals surface area contributed by atoms with Crippen molar-refractivity contribution in [3.8, 4) is 0 Å². The molecular formula is C35H40Cl2SiZr. The summed E-state index contributed by atoms with van der Waals surface area (Å²) in [4.78, 5) is 0. The maximum absolute atomic E-state index is 2.61. The van der Waals surface area contributed by atoms with Crippen molar-refractivity contribution in [3.05, 3.63) is 101 Å². The van der Waals surface area contributed by atoms with Gasteiger partial charge in [0.25, 0.3) is 0 Å². The fourth-order valence-electron chi connectivity index (χ4n) is 6.64. The summed E-state index contributed by atoms with van der Waals surface area (Å²) in [6.07, 6.45) is 2.25. The molecule has 0 saturated carbocycles. The van der Waals surface area contributed by atoms with Gasteiger partial charge in [0.2, 0.25) is 0 Å². The second-order valence-corrected chi connectivity index (χ2v) is 15.8. The van der Waals surface area contributed by atoms with E-state index in [0.717, 1.165) is 12.8 Å². The molecule has 5 rings (SSSR count). The van der Waals surface area contributed by atoms with Gasteiger partial charge in [0, 0.05) is 8.07 Å². The van der Waals surface area contributed by atoms with Gasteiger partial charge in [-0.3, -0.25) is 0 Å². The summed E-state index contributed by atoms with van der Waals surface area (Å²) < 4.78 is 0. The van der Waals surface area contributed by atoms with Crippen LogP contribution in [0, 0.1) is 25.7 Å². The summed E-state index contributed by atoms with van der Waals surface area (Å²) in [5, 5.41) is 10.4. The third kappa shape index (κ3) is 6.41. The Morgan fingerprint density at radius 3 is 1.44 bits per heavy atom. The van der Waals surface area contributed by atoms with Crippen LogP contribution in [0.4, 0.5) is 0 Å². The van der Waals surface area contributed by atoms with Crippen LogP contribution >= 0.6 is 0 Å². The molecule has 0 radical (unpaired) electrons. The number of halogens is 2. The fraction of sp³-hybridized carbons (Fsp3) is 0.314. The third-order valence-electron chi connectivity index (χ3n) is 7.95. The topological polar surface area (TPSA) is 0 Å². The van der Waals surface area contributed by atoms with Gasteiger partial charge in [-0.15, -0.1) is 81.2 Å². The van der Waals surface area contributed by atoms with E-state index >= 15 is 0 Å². The summed E-state index contributed by atoms with van der Waals surface area (Å²) in [5.74, 6) is 1.31. The van der Waals surface area contributed by atoms with Crippen LogP contribution in [0.25, 0.3) is 21.5 Å². The molecule has 0 aromatic heterocycles. The number of fused-ring (bicyclic) bond motifs is 2. The second kappa shape index (κ2) is 13.5. The van der Waals surface area contributed by atoms with Crippen LogP contribution in [-0.2, 0) is 39.0 Å². The Bertz CT molecular complexity index is 1430. The summed E-state index contributed by atoms with van der Waals surface area (Å²) in [6.45, 7) is 16.6. The van der Waals surface area contributed by atoms with E-state index in [0.29, 0.717) is 11.8 Å². The minimum Gasteiger partial charge on any atom is -1.00 e. The van der Waals surface area contributed by atoms with E-state index in [1.165, 1.54) is 49.0 Å². The summed E-state index contributed by atoms with van der Waals surface area (Å²) in [6, 6.07) is 30.7. The maximum Gasteiger partial charge on any atom is 4.00 e. The maximum atomic E-state index is 2.61. The first kappa shape index (κ1) is 33.8. The first-order valence-corrected chi connectivity index (χ1v) is 16.1. The molecule has 0 atom stereocenters. The molecule has 5 aromatic rings. The van der Waals surface area contributed by atoms with Crippen LogP contribution in [0.2, 0.25) is 6.55 Å². The second-order valence-electron chi connectivity index (χ2n) is 11.9. The summed E-state index contributed by atoms with van der Waals surface area (Å²) in [5.41, 5.74) is 5.79. The van der Waals surface area contributed by atoms with Gasteiger partial charge in [0.05, 0.1) is 0 Å². The Morgan fingerprint density at radius 2 is 1.05 bits per heavy atom. The number of aryl methyl sites for hydroxylation is 2. The predicted molar refractivity (Wildman–Crippen MR) is 163 cm³/mol. The number of rotatable bonds is 7. The van der Waals surface area contributed by atoms with E-state index in [-0.39, 0.29) is 51.0 Å². The van der Waals surface area contributed by atoms with Crippen molar-refractivity contribution in [1.82, 2.24) is 0 Å². The molecule has 0 saturated heterocycles. The molecule has 202 valence electrons. The molecule has 0 aliphatic carbocycles. The van der Waals surface area contributed by atoms with Crippen molar-refractivity contribution in [3.63, 3.8) is 0 Å². The van der Waals surface area contributed by atoms with Gasteiger partial charge in [-0.2, -0.15) is 10.4 Å². The van der Waals surface area contributed by atoms with E-state index in [4.69, 9.17) is 0 Å². The average Bonchev–Trinajstić information content (AvgIpc) is 3.33. The van der Waals surface area contributed by atoms with Crippen LogP contribution < -0.4 is 40.4 Å². The minimum atomic E-state index is -2.32. The van der Waals surface area contributed by atoms with E-state index in [2.05, 4.69) is 127 Å². The predicted octanol–water partition coefficient (Wildman–Crippen LogP) is 1.55. The molecule has 0 spiro atoms. The molecule has 4 heteroatoms. The Hall–Kier alpha value is -1.44. The normalized spacial score (nSPS) is 11.5. The molecule has 5 aromatic carbocycles. The Morgan fingerprint density at radius 1 is 0.641 bits per heavy atom. The van der Waals surface area contributed by atoms with Gasteiger partial charge < -0.3 is 24.8 Å². The molecule has 0 unspecified atom stereocenters. The van der Waals surface area contributed by atoms with Crippen LogP contribution in [0.3, 0.4) is 0 Å². The number of hydrogen-bond acceptors (Lipinski definition) is 0. The summed E-state index contributed by atoms with van der Waals surface area (Å²) >= 11 is 0. The molecule has 39 heavy (non-hydrogen) atoms. The standard InChI is InChI=1S/C35H40Si.2ClH.Zr/c1-23(2)17-27-13-15-29-19-25(5)34(32(29)21-27)36(7,31-11-9-8-10-12-31)35-26(6)20-30-16-14-28(18-24(3)4)22-33(30)35;;;/h8-16,19-24H,17-18H2,1-7H3;2*1H;/q-2;;;+4/p-2. The van der Waals surface area contributed by atoms with E-state index in [1.54, 1.807) is 10.4 Å². The summed E-state index contributed by atoms with van der Waals surface area (Å²) in [7, 11) is -2.32. The largest absolute Gasteiger partial charge is 4.00 e. The molecule has 0 nitrogen and oxygen atoms in total. The van der Waals surface area contributed by atoms with Gasteiger partial charge in [-0.25, -0.2) is 0 Å². The first-order valence-electron chi connectivity index (χ1n) is 13.6. The zero-order valence-electron chi connectivity index (χ0n) is 24.3. The van der Waals surface area contributed by atoms with Crippen LogP contribution in [0.1, 0.15) is 49.9 Å².